The number of likely N-dealkylation sites (N-methyl/N-ethyl adjacent to an activating group) is 2. The van der Waals surface area contributed by atoms with Crippen LogP contribution < -0.4 is 4.74 Å². The first-order valence-corrected chi connectivity index (χ1v) is 15.1. The molecule has 10 nitrogen and oxygen atoms in total. The summed E-state index contributed by atoms with van der Waals surface area (Å²) in [6.45, 7) is 11.3. The van der Waals surface area contributed by atoms with Crippen molar-refractivity contribution in [3.05, 3.63) is 46.8 Å². The number of benzene rings is 1. The smallest absolute Gasteiger partial charge is 0.248 e. The van der Waals surface area contributed by atoms with E-state index in [0.29, 0.717) is 30.0 Å². The van der Waals surface area contributed by atoms with Crippen molar-refractivity contribution in [2.45, 2.75) is 38.3 Å². The Morgan fingerprint density at radius 3 is 2.38 bits per heavy atom. The maximum Gasteiger partial charge on any atom is 0.248 e. The lowest BCUT2D eigenvalue weighted by Gasteiger charge is -2.33. The molecule has 1 aromatic heterocycles. The van der Waals surface area contributed by atoms with E-state index in [1.165, 1.54) is 17.0 Å². The van der Waals surface area contributed by atoms with Gasteiger partial charge in [-0.1, -0.05) is 0 Å². The number of sulfonamides is 1. The van der Waals surface area contributed by atoms with Crippen molar-refractivity contribution >= 4 is 15.9 Å². The molecule has 0 atom stereocenters. The van der Waals surface area contributed by atoms with Gasteiger partial charge in [-0.05, 0) is 56.3 Å². The molecule has 3 heterocycles. The van der Waals surface area contributed by atoms with Crippen LogP contribution in [0.1, 0.15) is 22.5 Å². The van der Waals surface area contributed by atoms with Crippen LogP contribution in [0.3, 0.4) is 0 Å². The van der Waals surface area contributed by atoms with Crippen molar-refractivity contribution in [3.63, 3.8) is 0 Å². The van der Waals surface area contributed by atoms with Crippen LogP contribution in [-0.2, 0) is 39.1 Å². The fourth-order valence-electron chi connectivity index (χ4n) is 5.41. The van der Waals surface area contributed by atoms with Crippen LogP contribution in [0.25, 0.3) is 0 Å². The van der Waals surface area contributed by atoms with Gasteiger partial charge < -0.3 is 28.7 Å². The third kappa shape index (κ3) is 7.01. The molecule has 4 rings (SSSR count). The Balaban J connectivity index is 1.22. The number of carbonyl (C=O) groups excluding carboxylic acids is 1. The molecule has 2 aliphatic rings. The van der Waals surface area contributed by atoms with Crippen LogP contribution in [-0.4, -0.2) is 118 Å². The Kier molecular flexibility index (Phi) is 9.71. The van der Waals surface area contributed by atoms with Gasteiger partial charge >= 0.3 is 0 Å². The Labute approximate surface area is 233 Å². The first-order chi connectivity index (χ1) is 18.6. The number of aromatic nitrogens is 1. The monoisotopic (exact) mass is 561 g/mol. The lowest BCUT2D eigenvalue weighted by molar-refractivity contribution is -0.137. The molecule has 0 bridgehead atoms. The predicted octanol–water partition coefficient (Wildman–Crippen LogP) is 1.58. The Morgan fingerprint density at radius 2 is 1.72 bits per heavy atom. The SMILES string of the molecule is COc1cc(C)c(S(=O)(=O)N(C)CCOCC(=O)N2CCn3c(CCN4CCN(C)CC4)ccc3C2)c(C)c1. The first kappa shape index (κ1) is 29.5. The predicted molar refractivity (Wildman–Crippen MR) is 151 cm³/mol. The Morgan fingerprint density at radius 1 is 1.03 bits per heavy atom. The van der Waals surface area contributed by atoms with Crippen LogP contribution in [0.5, 0.6) is 5.75 Å². The number of fused-ring (bicyclic) bond motifs is 1. The molecule has 1 aromatic carbocycles. The van der Waals surface area contributed by atoms with Crippen LogP contribution in [0.4, 0.5) is 0 Å². The van der Waals surface area contributed by atoms with Crippen LogP contribution in [0.15, 0.2) is 29.2 Å². The lowest BCUT2D eigenvalue weighted by atomic mass is 10.1. The van der Waals surface area contributed by atoms with E-state index in [9.17, 15) is 13.2 Å². The summed E-state index contributed by atoms with van der Waals surface area (Å²) in [7, 11) is 1.57. The molecule has 0 radical (unpaired) electrons. The van der Waals surface area contributed by atoms with E-state index in [1.54, 1.807) is 33.1 Å². The second-order valence-corrected chi connectivity index (χ2v) is 12.6. The third-order valence-corrected chi connectivity index (χ3v) is 10.0. The van der Waals surface area contributed by atoms with E-state index < -0.39 is 10.0 Å². The summed E-state index contributed by atoms with van der Waals surface area (Å²) < 4.78 is 40.8. The number of amides is 1. The summed E-state index contributed by atoms with van der Waals surface area (Å²) in [5.41, 5.74) is 3.75. The maximum absolute atomic E-state index is 13.2. The third-order valence-electron chi connectivity index (χ3n) is 7.85. The van der Waals surface area contributed by atoms with Gasteiger partial charge in [0.1, 0.15) is 12.4 Å². The van der Waals surface area contributed by atoms with Gasteiger partial charge in [-0.2, -0.15) is 4.31 Å². The highest BCUT2D eigenvalue weighted by Gasteiger charge is 2.26. The zero-order valence-corrected chi connectivity index (χ0v) is 24.8. The molecular formula is C28H43N5O5S. The second kappa shape index (κ2) is 12.8. The van der Waals surface area contributed by atoms with Gasteiger partial charge in [0.25, 0.3) is 0 Å². The lowest BCUT2D eigenvalue weighted by Crippen LogP contribution is -2.45. The van der Waals surface area contributed by atoms with Gasteiger partial charge in [-0.15, -0.1) is 0 Å². The summed E-state index contributed by atoms with van der Waals surface area (Å²) in [5, 5.41) is 0. The highest BCUT2D eigenvalue weighted by atomic mass is 32.2. The summed E-state index contributed by atoms with van der Waals surface area (Å²) in [5.74, 6) is 0.550. The normalized spacial score (nSPS) is 17.0. The van der Waals surface area contributed by atoms with Gasteiger partial charge in [0.15, 0.2) is 0 Å². The molecule has 2 aliphatic heterocycles. The quantitative estimate of drug-likeness (QED) is 0.385. The van der Waals surface area contributed by atoms with Crippen molar-refractivity contribution in [2.24, 2.45) is 0 Å². The van der Waals surface area contributed by atoms with E-state index in [4.69, 9.17) is 9.47 Å². The Bertz CT molecular complexity index is 1230. The minimum absolute atomic E-state index is 0.0640. The minimum Gasteiger partial charge on any atom is -0.497 e. The van der Waals surface area contributed by atoms with Crippen molar-refractivity contribution in [1.29, 1.82) is 0 Å². The average molecular weight is 562 g/mol. The van der Waals surface area contributed by atoms with Crippen molar-refractivity contribution in [3.8, 4) is 5.75 Å². The van der Waals surface area contributed by atoms with Gasteiger partial charge in [-0.25, -0.2) is 8.42 Å². The standard InChI is InChI=1S/C28H43N5O5S/c1-22-18-26(37-5)19-23(2)28(22)39(35,36)30(4)16-17-38-21-27(34)32-14-15-33-24(6-7-25(33)20-32)8-9-31-12-10-29(3)11-13-31/h6-7,18-19H,8-17,20-21H2,1-5H3. The van der Waals surface area contributed by atoms with E-state index in [2.05, 4.69) is 33.5 Å². The summed E-state index contributed by atoms with van der Waals surface area (Å²) in [6, 6.07) is 7.75. The maximum atomic E-state index is 13.2. The van der Waals surface area contributed by atoms with Gasteiger partial charge in [0, 0.05) is 77.2 Å². The molecule has 1 saturated heterocycles. The molecule has 0 N–H and O–H groups in total. The van der Waals surface area contributed by atoms with Gasteiger partial charge in [0.05, 0.1) is 25.2 Å². The van der Waals surface area contributed by atoms with E-state index in [0.717, 1.165) is 51.4 Å². The molecule has 2 aromatic rings. The number of methoxy groups -OCH3 is 1. The average Bonchev–Trinajstić information content (AvgIpc) is 3.32. The fraction of sp³-hybridized carbons (Fsp3) is 0.607. The number of nitrogens with zero attached hydrogens (tertiary/aromatic N) is 5. The molecule has 0 unspecified atom stereocenters. The van der Waals surface area contributed by atoms with Crippen molar-refractivity contribution in [2.75, 3.05) is 80.2 Å². The van der Waals surface area contributed by atoms with Gasteiger partial charge in [-0.3, -0.25) is 4.79 Å². The molecule has 11 heteroatoms. The minimum atomic E-state index is -3.70. The molecular weight excluding hydrogens is 518 g/mol. The van der Waals surface area contributed by atoms with Crippen LogP contribution in [0, 0.1) is 13.8 Å². The zero-order chi connectivity index (χ0) is 28.2. The second-order valence-electron chi connectivity index (χ2n) is 10.6. The van der Waals surface area contributed by atoms with E-state index >= 15 is 0 Å². The van der Waals surface area contributed by atoms with E-state index in [1.807, 2.05) is 4.90 Å². The first-order valence-electron chi connectivity index (χ1n) is 13.7. The summed E-state index contributed by atoms with van der Waals surface area (Å²) in [6.07, 6.45) is 1.02. The van der Waals surface area contributed by atoms with Crippen molar-refractivity contribution < 1.29 is 22.7 Å². The molecule has 1 fully saturated rings. The number of ether oxygens (including phenoxy) is 2. The molecule has 1 amide bonds. The van der Waals surface area contributed by atoms with Crippen LogP contribution >= 0.6 is 0 Å². The fourth-order valence-corrected chi connectivity index (χ4v) is 6.97. The summed E-state index contributed by atoms with van der Waals surface area (Å²) >= 11 is 0. The molecule has 0 spiro atoms. The van der Waals surface area contributed by atoms with Crippen molar-refractivity contribution in [1.82, 2.24) is 23.6 Å². The molecule has 0 saturated carbocycles. The number of hydrogen-bond acceptors (Lipinski definition) is 7. The Hall–Kier alpha value is -2.44. The molecule has 39 heavy (non-hydrogen) atoms. The number of aryl methyl sites for hydroxylation is 2. The van der Waals surface area contributed by atoms with Crippen LogP contribution in [0.2, 0.25) is 0 Å². The molecule has 0 aliphatic carbocycles. The highest BCUT2D eigenvalue weighted by Crippen LogP contribution is 2.27. The van der Waals surface area contributed by atoms with E-state index in [-0.39, 0.29) is 30.6 Å². The number of carbonyl (C=O) groups is 1. The van der Waals surface area contributed by atoms with Gasteiger partial charge in [0.2, 0.25) is 15.9 Å². The topological polar surface area (TPSA) is 87.6 Å². The summed E-state index contributed by atoms with van der Waals surface area (Å²) in [4.78, 5) is 19.8. The molecule has 216 valence electrons. The highest BCUT2D eigenvalue weighted by molar-refractivity contribution is 7.89. The zero-order valence-electron chi connectivity index (χ0n) is 24.0. The largest absolute Gasteiger partial charge is 0.497 e. The number of rotatable bonds is 11. The number of hydrogen-bond donors (Lipinski definition) is 0. The number of piperazine rings is 1.